The maximum absolute atomic E-state index is 2.58. The fourth-order valence-corrected chi connectivity index (χ4v) is 10.7. The van der Waals surface area contributed by atoms with Gasteiger partial charge in [-0.25, -0.2) is 0 Å². The van der Waals surface area contributed by atoms with Crippen molar-refractivity contribution in [3.8, 4) is 0 Å². The predicted octanol–water partition coefficient (Wildman–Crippen LogP) is 3.44. The summed E-state index contributed by atoms with van der Waals surface area (Å²) in [5, 5.41) is 4.46. The minimum absolute atomic E-state index is 1.14. The lowest BCUT2D eigenvalue weighted by molar-refractivity contribution is 1.48. The largest absolute Gasteiger partial charge is 0.157 e. The zero-order chi connectivity index (χ0) is 15.4. The van der Waals surface area contributed by atoms with Crippen molar-refractivity contribution in [3.05, 3.63) is 90.5 Å². The van der Waals surface area contributed by atoms with Gasteiger partial charge in [-0.15, -0.1) is 0 Å². The van der Waals surface area contributed by atoms with Gasteiger partial charge in [0.05, 0.1) is 0 Å². The van der Waals surface area contributed by atoms with E-state index in [9.17, 15) is 0 Å². The predicted molar refractivity (Wildman–Crippen MR) is 108 cm³/mol. The first-order chi connectivity index (χ1) is 10.8. The Morgan fingerprint density at radius 3 is 1.45 bits per heavy atom. The monoisotopic (exact) mass is 414 g/mol. The van der Waals surface area contributed by atoms with E-state index in [1.807, 2.05) is 0 Å². The lowest BCUT2D eigenvalue weighted by Crippen LogP contribution is -2.68. The molecule has 0 nitrogen and oxygen atoms in total. The van der Waals surface area contributed by atoms with Gasteiger partial charge >= 0.3 is 0 Å². The van der Waals surface area contributed by atoms with Crippen LogP contribution >= 0.6 is 22.6 Å². The molecule has 22 heavy (non-hydrogen) atoms. The van der Waals surface area contributed by atoms with Crippen LogP contribution in [0.25, 0.3) is 0 Å². The van der Waals surface area contributed by atoms with Crippen molar-refractivity contribution in [1.29, 1.82) is 0 Å². The Bertz CT molecular complexity index is 681. The van der Waals surface area contributed by atoms with E-state index >= 15 is 0 Å². The topological polar surface area (TPSA) is 0 Å². The van der Waals surface area contributed by atoms with E-state index in [0.29, 0.717) is 0 Å². The lowest BCUT2D eigenvalue weighted by Gasteiger charge is -2.32. The smallest absolute Gasteiger partial charge is 0.0887 e. The summed E-state index contributed by atoms with van der Waals surface area (Å²) in [5.41, 5.74) is 1.32. The summed E-state index contributed by atoms with van der Waals surface area (Å²) in [6.07, 6.45) is 0. The molecule has 0 spiro atoms. The zero-order valence-electron chi connectivity index (χ0n) is 12.7. The van der Waals surface area contributed by atoms with Crippen LogP contribution in [0.5, 0.6) is 0 Å². The van der Waals surface area contributed by atoms with Gasteiger partial charge in [-0.3, -0.25) is 0 Å². The maximum Gasteiger partial charge on any atom is 0.157 e. The first-order valence-electron chi connectivity index (χ1n) is 7.51. The van der Waals surface area contributed by atoms with Crippen LogP contribution in [-0.4, -0.2) is 12.1 Å². The second kappa shape index (κ2) is 6.80. The zero-order valence-corrected chi connectivity index (χ0v) is 15.8. The molecule has 0 aliphatic heterocycles. The molecular weight excluding hydrogens is 395 g/mol. The molecule has 0 radical (unpaired) electrons. The number of aryl methyl sites for hydroxylation is 1. The van der Waals surface area contributed by atoms with Gasteiger partial charge in [-0.05, 0) is 22.5 Å². The summed E-state index contributed by atoms with van der Waals surface area (Å²) in [6, 6.07) is 31.3. The average molecular weight is 414 g/mol. The van der Waals surface area contributed by atoms with Gasteiger partial charge in [0.1, 0.15) is 0 Å². The molecule has 0 aliphatic rings. The van der Waals surface area contributed by atoms with Crippen LogP contribution < -0.4 is 15.6 Å². The summed E-state index contributed by atoms with van der Waals surface area (Å²) in [5.74, 6) is 0. The van der Waals surface area contributed by atoms with Gasteiger partial charge < -0.3 is 0 Å². The fourth-order valence-electron chi connectivity index (χ4n) is 3.01. The highest BCUT2D eigenvalue weighted by Gasteiger charge is 2.37. The van der Waals surface area contributed by atoms with Gasteiger partial charge in [-0.1, -0.05) is 113 Å². The Labute approximate surface area is 147 Å². The number of benzene rings is 3. The van der Waals surface area contributed by atoms with E-state index in [1.165, 1.54) is 21.1 Å². The van der Waals surface area contributed by atoms with Crippen LogP contribution in [0, 0.1) is 6.92 Å². The van der Waals surface area contributed by atoms with E-state index in [2.05, 4.69) is 114 Å². The van der Waals surface area contributed by atoms with Crippen LogP contribution in [0.4, 0.5) is 0 Å². The number of hydrogen-bond acceptors (Lipinski definition) is 0. The molecule has 0 aliphatic carbocycles. The van der Waals surface area contributed by atoms with Gasteiger partial charge in [0.25, 0.3) is 0 Å². The minimum Gasteiger partial charge on any atom is -0.0887 e. The first-order valence-corrected chi connectivity index (χ1v) is 11.2. The van der Waals surface area contributed by atoms with Crippen LogP contribution in [0.15, 0.2) is 84.9 Å². The number of hydrogen-bond donors (Lipinski definition) is 0. The van der Waals surface area contributed by atoms with Crippen molar-refractivity contribution in [2.24, 2.45) is 0 Å². The molecule has 110 valence electrons. The van der Waals surface area contributed by atoms with Crippen LogP contribution in [0.3, 0.4) is 0 Å². The third kappa shape index (κ3) is 2.77. The van der Waals surface area contributed by atoms with E-state index in [-0.39, 0.29) is 0 Å². The van der Waals surface area contributed by atoms with E-state index in [1.54, 1.807) is 0 Å². The Kier molecular flexibility index (Phi) is 4.79. The molecule has 0 aromatic heterocycles. The number of rotatable bonds is 4. The van der Waals surface area contributed by atoms with Crippen molar-refractivity contribution in [2.45, 2.75) is 6.92 Å². The third-order valence-electron chi connectivity index (χ3n) is 4.28. The van der Waals surface area contributed by atoms with Crippen LogP contribution in [-0.2, 0) is 0 Å². The summed E-state index contributed by atoms with van der Waals surface area (Å²) in [7, 11) is -1.93. The standard InChI is InChI=1S/C20H19ISi/c1-17-12-14-20(15-13-17)22(16-21,18-8-4-2-5-9-18)19-10-6-3-7-11-19/h2-15H,16H2,1H3. The highest BCUT2D eigenvalue weighted by atomic mass is 127. The molecule has 0 atom stereocenters. The van der Waals surface area contributed by atoms with Gasteiger partial charge in [0.15, 0.2) is 8.07 Å². The molecule has 2 heteroatoms. The molecule has 0 unspecified atom stereocenters. The molecule has 0 fully saturated rings. The van der Waals surface area contributed by atoms with E-state index < -0.39 is 8.07 Å². The highest BCUT2D eigenvalue weighted by Crippen LogP contribution is 2.11. The Morgan fingerprint density at radius 2 is 1.05 bits per heavy atom. The summed E-state index contributed by atoms with van der Waals surface area (Å²) >= 11 is 2.58. The quantitative estimate of drug-likeness (QED) is 0.266. The Morgan fingerprint density at radius 1 is 0.636 bits per heavy atom. The van der Waals surface area contributed by atoms with Gasteiger partial charge in [-0.2, -0.15) is 0 Å². The van der Waals surface area contributed by atoms with Crippen molar-refractivity contribution in [2.75, 3.05) is 4.05 Å². The Hall–Kier alpha value is -1.39. The molecule has 0 N–H and O–H groups in total. The SMILES string of the molecule is Cc1ccc([Si](CI)(c2ccccc2)c2ccccc2)cc1. The molecular formula is C20H19ISi. The van der Waals surface area contributed by atoms with Crippen LogP contribution in [0.2, 0.25) is 0 Å². The van der Waals surface area contributed by atoms with Crippen LogP contribution in [0.1, 0.15) is 5.56 Å². The molecule has 0 saturated carbocycles. The van der Waals surface area contributed by atoms with E-state index in [0.717, 1.165) is 4.05 Å². The number of halogens is 1. The van der Waals surface area contributed by atoms with Crippen molar-refractivity contribution in [3.63, 3.8) is 0 Å². The maximum atomic E-state index is 2.58. The molecule has 3 aromatic carbocycles. The molecule has 0 heterocycles. The lowest BCUT2D eigenvalue weighted by atomic mass is 10.2. The third-order valence-corrected chi connectivity index (χ3v) is 12.1. The van der Waals surface area contributed by atoms with Gasteiger partial charge in [0, 0.05) is 4.05 Å². The summed E-state index contributed by atoms with van der Waals surface area (Å²) in [4.78, 5) is 0. The van der Waals surface area contributed by atoms with E-state index in [4.69, 9.17) is 0 Å². The Balaban J connectivity index is 2.28. The fraction of sp³-hybridized carbons (Fsp3) is 0.100. The number of alkyl halides is 1. The van der Waals surface area contributed by atoms with Crippen molar-refractivity contribution in [1.82, 2.24) is 0 Å². The second-order valence-electron chi connectivity index (χ2n) is 5.64. The van der Waals surface area contributed by atoms with Crippen molar-refractivity contribution >= 4 is 46.2 Å². The normalized spacial score (nSPS) is 11.4. The highest BCUT2D eigenvalue weighted by molar-refractivity contribution is 14.1. The summed E-state index contributed by atoms with van der Waals surface area (Å²) in [6.45, 7) is 2.15. The molecule has 0 saturated heterocycles. The minimum atomic E-state index is -1.93. The van der Waals surface area contributed by atoms with Crippen molar-refractivity contribution < 1.29 is 0 Å². The summed E-state index contributed by atoms with van der Waals surface area (Å²) < 4.78 is 1.14. The molecule has 0 bridgehead atoms. The average Bonchev–Trinajstić information content (AvgIpc) is 2.59. The van der Waals surface area contributed by atoms with Gasteiger partial charge in [0.2, 0.25) is 0 Å². The molecule has 3 rings (SSSR count). The molecule has 0 amide bonds. The first kappa shape index (κ1) is 15.5. The second-order valence-corrected chi connectivity index (χ2v) is 11.7. The molecule has 3 aromatic rings.